The van der Waals surface area contributed by atoms with E-state index in [1.165, 1.54) is 7.11 Å². The van der Waals surface area contributed by atoms with Crippen molar-refractivity contribution in [3.05, 3.63) is 59.2 Å². The van der Waals surface area contributed by atoms with Crippen LogP contribution in [-0.4, -0.2) is 85.8 Å². The molecule has 0 bridgehead atoms. The summed E-state index contributed by atoms with van der Waals surface area (Å²) in [5.74, 6) is -1.17. The summed E-state index contributed by atoms with van der Waals surface area (Å²) in [4.78, 5) is 71.4. The second kappa shape index (κ2) is 15.2. The average molecular weight is 720 g/mol. The molecule has 11 nitrogen and oxygen atoms in total. The van der Waals surface area contributed by atoms with Crippen molar-refractivity contribution in [3.8, 4) is 0 Å². The van der Waals surface area contributed by atoms with Gasteiger partial charge in [-0.15, -0.1) is 0 Å². The normalized spacial score (nSPS) is 26.6. The molecule has 4 aliphatic heterocycles. The Morgan fingerprint density at radius 2 is 1.78 bits per heavy atom. The van der Waals surface area contributed by atoms with Gasteiger partial charge in [0.1, 0.15) is 0 Å². The minimum absolute atomic E-state index is 0.0432. The maximum absolute atomic E-state index is 14.9. The lowest BCUT2D eigenvalue weighted by Crippen LogP contribution is -2.48. The van der Waals surface area contributed by atoms with Crippen molar-refractivity contribution in [1.82, 2.24) is 4.90 Å². The zero-order valence-corrected chi connectivity index (χ0v) is 31.4. The molecule has 2 saturated heterocycles. The molecule has 0 aliphatic carbocycles. The van der Waals surface area contributed by atoms with Gasteiger partial charge in [-0.1, -0.05) is 44.0 Å². The molecule has 6 rings (SSSR count). The largest absolute Gasteiger partial charge is 0.469 e. The van der Waals surface area contributed by atoms with E-state index in [1.807, 2.05) is 67.4 Å². The number of carbonyl (C=O) groups excluding carboxylic acids is 4. The first-order valence-corrected chi connectivity index (χ1v) is 21.6. The molecule has 2 aromatic rings. The smallest absolute Gasteiger partial charge is 0.305 e. The Morgan fingerprint density at radius 1 is 1.04 bits per heavy atom. The number of rotatable bonds is 10. The van der Waals surface area contributed by atoms with Gasteiger partial charge in [-0.25, -0.2) is 0 Å². The molecule has 0 aromatic heterocycles. The van der Waals surface area contributed by atoms with Gasteiger partial charge in [0.15, 0.2) is 13.9 Å². The summed E-state index contributed by atoms with van der Waals surface area (Å²) in [5, 5.41) is 10.3. The summed E-state index contributed by atoms with van der Waals surface area (Å²) < 4.78 is 11.8. The van der Waals surface area contributed by atoms with E-state index in [9.17, 15) is 29.1 Å². The highest BCUT2D eigenvalue weighted by molar-refractivity contribution is 6.71. The first-order chi connectivity index (χ1) is 24.4. The average Bonchev–Trinajstić information content (AvgIpc) is 3.53. The third-order valence-electron chi connectivity index (χ3n) is 11.6. The van der Waals surface area contributed by atoms with Crippen molar-refractivity contribution in [2.24, 2.45) is 5.92 Å². The van der Waals surface area contributed by atoms with Gasteiger partial charge in [0.05, 0.1) is 38.0 Å². The zero-order valence-electron chi connectivity index (χ0n) is 30.4. The first kappa shape index (κ1) is 37.2. The topological polar surface area (TPSA) is 137 Å². The maximum Gasteiger partial charge on any atom is 0.305 e. The summed E-state index contributed by atoms with van der Waals surface area (Å²) in [6.45, 7) is 6.75. The van der Waals surface area contributed by atoms with Crippen LogP contribution in [0.4, 0.5) is 11.4 Å². The van der Waals surface area contributed by atoms with Gasteiger partial charge in [-0.2, -0.15) is 0 Å². The molecule has 1 spiro atoms. The van der Waals surface area contributed by atoms with Crippen LogP contribution in [0.25, 0.3) is 0 Å². The Kier molecular flexibility index (Phi) is 11.1. The number of nitrogens with zero attached hydrogens (tertiary/aromatic N) is 3. The molecule has 0 radical (unpaired) electrons. The second-order valence-electron chi connectivity index (χ2n) is 15.3. The fraction of sp³-hybridized carbons (Fsp3) is 0.590. The minimum Gasteiger partial charge on any atom is -0.469 e. The molecule has 2 N–H and O–H groups in total. The van der Waals surface area contributed by atoms with Gasteiger partial charge in [-0.05, 0) is 74.5 Å². The van der Waals surface area contributed by atoms with Crippen molar-refractivity contribution in [3.63, 3.8) is 0 Å². The van der Waals surface area contributed by atoms with Crippen molar-refractivity contribution >= 4 is 43.4 Å². The monoisotopic (exact) mass is 719 g/mol. The first-order valence-electron chi connectivity index (χ1n) is 18.6. The number of ether oxygens (including phenoxy) is 2. The molecular formula is C39H53N3O8Si. The fourth-order valence-corrected chi connectivity index (χ4v) is 11.6. The van der Waals surface area contributed by atoms with Crippen LogP contribution in [0.5, 0.6) is 0 Å². The molecule has 2 aromatic carbocycles. The molecule has 3 amide bonds. The Bertz CT molecular complexity index is 1640. The van der Waals surface area contributed by atoms with E-state index in [-0.39, 0.29) is 49.2 Å². The van der Waals surface area contributed by atoms with E-state index < -0.39 is 31.5 Å². The van der Waals surface area contributed by atoms with E-state index in [4.69, 9.17) is 9.47 Å². The molecule has 4 heterocycles. The summed E-state index contributed by atoms with van der Waals surface area (Å²) in [7, 11) is -1.71. The van der Waals surface area contributed by atoms with E-state index in [1.54, 1.807) is 9.80 Å². The SMILES string of the molecule is COC(=O)CCCCN1C(=O)[C@@]2(O[C@@H](CC(=O)N3Cc4ccccc4C[C@H]3CO)[C@H]([Si](C)(C)O)[C@H]2C)c2cc(N3CCCCCCC3=O)ccc21. The highest BCUT2D eigenvalue weighted by Crippen LogP contribution is 2.60. The second-order valence-corrected chi connectivity index (χ2v) is 19.3. The summed E-state index contributed by atoms with van der Waals surface area (Å²) in [6.07, 6.45) is 5.36. The van der Waals surface area contributed by atoms with Gasteiger partial charge in [0.25, 0.3) is 5.91 Å². The third kappa shape index (κ3) is 7.12. The van der Waals surface area contributed by atoms with Crippen molar-refractivity contribution in [2.45, 2.75) is 114 Å². The number of hydrogen-bond donors (Lipinski definition) is 2. The predicted octanol–water partition coefficient (Wildman–Crippen LogP) is 4.81. The minimum atomic E-state index is -3.06. The Labute approximate surface area is 302 Å². The van der Waals surface area contributed by atoms with E-state index >= 15 is 0 Å². The number of fused-ring (bicyclic) bond motifs is 3. The van der Waals surface area contributed by atoms with Crippen LogP contribution in [-0.2, 0) is 47.2 Å². The molecule has 5 atom stereocenters. The number of methoxy groups -OCH3 is 1. The van der Waals surface area contributed by atoms with Gasteiger partial charge < -0.3 is 34.1 Å². The summed E-state index contributed by atoms with van der Waals surface area (Å²) in [5.41, 5.74) is 2.26. The van der Waals surface area contributed by atoms with Crippen LogP contribution < -0.4 is 9.80 Å². The highest BCUT2D eigenvalue weighted by Gasteiger charge is 2.66. The number of benzene rings is 2. The molecule has 2 fully saturated rings. The van der Waals surface area contributed by atoms with Crippen LogP contribution in [0.1, 0.15) is 81.4 Å². The lowest BCUT2D eigenvalue weighted by Gasteiger charge is -2.37. The van der Waals surface area contributed by atoms with Gasteiger partial charge in [-0.3, -0.25) is 19.2 Å². The van der Waals surface area contributed by atoms with E-state index in [0.717, 1.165) is 36.8 Å². The molecule has 51 heavy (non-hydrogen) atoms. The van der Waals surface area contributed by atoms with Crippen molar-refractivity contribution in [1.29, 1.82) is 0 Å². The maximum atomic E-state index is 14.9. The summed E-state index contributed by atoms with van der Waals surface area (Å²) >= 11 is 0. The van der Waals surface area contributed by atoms with Gasteiger partial charge in [0, 0.05) is 55.2 Å². The molecule has 0 saturated carbocycles. The molecule has 4 aliphatic rings. The quantitative estimate of drug-likeness (QED) is 0.203. The number of aliphatic hydroxyl groups excluding tert-OH is 1. The number of carbonyl (C=O) groups is 4. The number of amides is 3. The van der Waals surface area contributed by atoms with Gasteiger partial charge >= 0.3 is 5.97 Å². The Morgan fingerprint density at radius 3 is 2.51 bits per heavy atom. The predicted molar refractivity (Wildman–Crippen MR) is 195 cm³/mol. The van der Waals surface area contributed by atoms with E-state index in [2.05, 4.69) is 0 Å². The molecule has 0 unspecified atom stereocenters. The highest BCUT2D eigenvalue weighted by atomic mass is 28.4. The Balaban J connectivity index is 1.36. The Hall–Kier alpha value is -3.58. The molecular weight excluding hydrogens is 667 g/mol. The van der Waals surface area contributed by atoms with Crippen molar-refractivity contribution in [2.75, 3.05) is 36.6 Å². The number of unbranched alkanes of at least 4 members (excludes halogenated alkanes) is 1. The molecule has 276 valence electrons. The fourth-order valence-electron chi connectivity index (χ4n) is 9.06. The van der Waals surface area contributed by atoms with Crippen molar-refractivity contribution < 1.29 is 38.6 Å². The molecule has 12 heteroatoms. The van der Waals surface area contributed by atoms with Crippen LogP contribution in [0.3, 0.4) is 0 Å². The van der Waals surface area contributed by atoms with Gasteiger partial charge in [0.2, 0.25) is 11.8 Å². The van der Waals surface area contributed by atoms with Crippen LogP contribution in [0, 0.1) is 5.92 Å². The van der Waals surface area contributed by atoms with Crippen LogP contribution in [0.15, 0.2) is 42.5 Å². The summed E-state index contributed by atoms with van der Waals surface area (Å²) in [6, 6.07) is 13.3. The number of anilines is 2. The third-order valence-corrected chi connectivity index (χ3v) is 14.1. The van der Waals surface area contributed by atoms with Crippen LogP contribution >= 0.6 is 0 Å². The van der Waals surface area contributed by atoms with E-state index in [0.29, 0.717) is 62.3 Å². The number of aliphatic hydroxyl groups is 1. The lowest BCUT2D eigenvalue weighted by molar-refractivity contribution is -0.151. The standard InChI is InChI=1S/C39H53N3O8Si/c1-26-37(51(3,4)48)33(23-35(45)42-24-28-14-9-8-13-27(28)21-30(42)25-43)50-39(26)31-22-29(40-19-11-6-5-7-15-34(40)44)17-18-32(31)41(38(39)47)20-12-10-16-36(46)49-2/h8-9,13-14,17-18,22,26,30,33,37,43,48H,5-7,10-12,15-16,19-21,23-25H2,1-4H3/t26-,30+,33+,37-,39+/m1/s1. The zero-order chi connectivity index (χ0) is 36.5. The number of esters is 1. The van der Waals surface area contributed by atoms with Crippen LogP contribution in [0.2, 0.25) is 18.6 Å². The number of hydrogen-bond acceptors (Lipinski definition) is 8. The lowest BCUT2D eigenvalue weighted by atomic mass is 9.82.